The van der Waals surface area contributed by atoms with E-state index in [9.17, 15) is 5.26 Å². The Morgan fingerprint density at radius 3 is 2.46 bits per heavy atom. The van der Waals surface area contributed by atoms with Crippen LogP contribution in [0.15, 0.2) is 22.4 Å². The van der Waals surface area contributed by atoms with E-state index in [0.717, 1.165) is 47.8 Å². The molecule has 0 saturated carbocycles. The minimum atomic E-state index is 0.371. The molecule has 0 N–H and O–H groups in total. The predicted octanol–water partition coefficient (Wildman–Crippen LogP) is 5.68. The summed E-state index contributed by atoms with van der Waals surface area (Å²) in [6.07, 6.45) is 2.15. The fraction of sp³-hybridized carbons (Fsp3) is 0.474. The van der Waals surface area contributed by atoms with Crippen LogP contribution in [0.5, 0.6) is 5.75 Å². The van der Waals surface area contributed by atoms with Gasteiger partial charge in [-0.3, -0.25) is 0 Å². The van der Waals surface area contributed by atoms with Crippen molar-refractivity contribution in [2.75, 3.05) is 25.1 Å². The first-order valence-corrected chi connectivity index (χ1v) is 9.54. The predicted molar refractivity (Wildman–Crippen MR) is 106 cm³/mol. The van der Waals surface area contributed by atoms with Crippen molar-refractivity contribution in [2.45, 2.75) is 40.5 Å². The van der Waals surface area contributed by atoms with E-state index in [1.165, 1.54) is 11.5 Å². The number of azo groups is 1. The summed E-state index contributed by atoms with van der Waals surface area (Å²) < 4.78 is 9.79. The average Bonchev–Trinajstić information content (AvgIpc) is 2.99. The summed E-state index contributed by atoms with van der Waals surface area (Å²) in [6, 6.07) is 6.13. The molecule has 0 saturated heterocycles. The topological polar surface area (TPSA) is 73.9 Å². The van der Waals surface area contributed by atoms with Gasteiger partial charge in [0.05, 0.1) is 18.5 Å². The molecule has 0 unspecified atom stereocenters. The van der Waals surface area contributed by atoms with Gasteiger partial charge in [-0.15, -0.1) is 10.2 Å². The second-order valence-corrected chi connectivity index (χ2v) is 7.02. The first-order valence-electron chi connectivity index (χ1n) is 8.77. The zero-order valence-electron chi connectivity index (χ0n) is 16.0. The molecule has 2 rings (SSSR count). The van der Waals surface area contributed by atoms with Crippen LogP contribution in [0.1, 0.15) is 42.7 Å². The number of aryl methyl sites for hydroxylation is 2. The van der Waals surface area contributed by atoms with Gasteiger partial charge in [-0.2, -0.15) is 9.64 Å². The van der Waals surface area contributed by atoms with Gasteiger partial charge in [0.25, 0.3) is 0 Å². The third-order valence-electron chi connectivity index (χ3n) is 4.03. The minimum absolute atomic E-state index is 0.371. The molecule has 6 nitrogen and oxygen atoms in total. The molecule has 0 aliphatic heterocycles. The van der Waals surface area contributed by atoms with E-state index in [0.29, 0.717) is 17.1 Å². The summed E-state index contributed by atoms with van der Waals surface area (Å²) in [7, 11) is 1.67. The number of benzene rings is 1. The molecule has 0 spiro atoms. The Labute approximate surface area is 159 Å². The molecule has 0 radical (unpaired) electrons. The second kappa shape index (κ2) is 9.30. The van der Waals surface area contributed by atoms with Gasteiger partial charge in [0.2, 0.25) is 5.82 Å². The highest BCUT2D eigenvalue weighted by Gasteiger charge is 2.15. The lowest BCUT2D eigenvalue weighted by Gasteiger charge is -2.26. The van der Waals surface area contributed by atoms with Gasteiger partial charge in [-0.1, -0.05) is 13.8 Å². The number of rotatable bonds is 8. The van der Waals surface area contributed by atoms with Crippen LogP contribution in [0, 0.1) is 25.2 Å². The normalized spacial score (nSPS) is 10.9. The van der Waals surface area contributed by atoms with E-state index in [4.69, 9.17) is 4.74 Å². The standard InChI is InChI=1S/C19H25N5OS/c1-6-8-24(9-7-2)17-10-13(3)16(11-18(17)25-5)21-22-19-15(12-20)14(4)26-23-19/h10-11H,6-9H2,1-5H3. The number of nitrogens with zero attached hydrogens (tertiary/aromatic N) is 5. The number of methoxy groups -OCH3 is 1. The van der Waals surface area contributed by atoms with E-state index in [1.807, 2.05) is 19.9 Å². The molecule has 26 heavy (non-hydrogen) atoms. The van der Waals surface area contributed by atoms with Crippen LogP contribution in [0.3, 0.4) is 0 Å². The summed E-state index contributed by atoms with van der Waals surface area (Å²) in [4.78, 5) is 3.19. The molecule has 7 heteroatoms. The Hall–Kier alpha value is -2.46. The first kappa shape index (κ1) is 19.9. The Morgan fingerprint density at radius 2 is 1.88 bits per heavy atom. The molecule has 0 aliphatic rings. The number of anilines is 1. The Kier molecular flexibility index (Phi) is 7.10. The van der Waals surface area contributed by atoms with Crippen LogP contribution < -0.4 is 9.64 Å². The minimum Gasteiger partial charge on any atom is -0.495 e. The molecule has 0 atom stereocenters. The van der Waals surface area contributed by atoms with Crippen molar-refractivity contribution >= 4 is 28.7 Å². The molecule has 0 amide bonds. The number of hydrogen-bond acceptors (Lipinski definition) is 7. The summed E-state index contributed by atoms with van der Waals surface area (Å²) in [5.41, 5.74) is 3.28. The molecule has 2 aromatic rings. The van der Waals surface area contributed by atoms with Crippen molar-refractivity contribution in [3.05, 3.63) is 28.1 Å². The maximum atomic E-state index is 9.21. The van der Waals surface area contributed by atoms with E-state index in [1.54, 1.807) is 7.11 Å². The van der Waals surface area contributed by atoms with Crippen molar-refractivity contribution < 1.29 is 4.74 Å². The van der Waals surface area contributed by atoms with Gasteiger partial charge >= 0.3 is 0 Å². The lowest BCUT2D eigenvalue weighted by atomic mass is 10.1. The summed E-state index contributed by atoms with van der Waals surface area (Å²) in [6.45, 7) is 10.2. The van der Waals surface area contributed by atoms with Crippen LogP contribution >= 0.6 is 11.5 Å². The molecular formula is C19H25N5OS. The van der Waals surface area contributed by atoms with E-state index in [-0.39, 0.29) is 0 Å². The highest BCUT2D eigenvalue weighted by atomic mass is 32.1. The van der Waals surface area contributed by atoms with Crippen LogP contribution in [-0.4, -0.2) is 24.6 Å². The quantitative estimate of drug-likeness (QED) is 0.559. The second-order valence-electron chi connectivity index (χ2n) is 6.05. The summed E-state index contributed by atoms with van der Waals surface area (Å²) in [5, 5.41) is 17.7. The molecule has 0 aliphatic carbocycles. The number of nitriles is 1. The van der Waals surface area contributed by atoms with Crippen LogP contribution in [0.25, 0.3) is 0 Å². The highest BCUT2D eigenvalue weighted by molar-refractivity contribution is 7.06. The van der Waals surface area contributed by atoms with Gasteiger partial charge in [0.15, 0.2) is 0 Å². The van der Waals surface area contributed by atoms with Gasteiger partial charge in [-0.25, -0.2) is 0 Å². The maximum absolute atomic E-state index is 9.21. The summed E-state index contributed by atoms with van der Waals surface area (Å²) in [5.74, 6) is 1.15. The zero-order chi connectivity index (χ0) is 19.1. The molecule has 0 bridgehead atoms. The number of ether oxygens (including phenoxy) is 1. The lowest BCUT2D eigenvalue weighted by Crippen LogP contribution is -2.25. The Balaban J connectivity index is 2.39. The number of hydrogen-bond donors (Lipinski definition) is 0. The van der Waals surface area contributed by atoms with Crippen molar-refractivity contribution in [1.82, 2.24) is 4.37 Å². The van der Waals surface area contributed by atoms with Gasteiger partial charge < -0.3 is 9.64 Å². The van der Waals surface area contributed by atoms with Gasteiger partial charge in [0, 0.05) is 24.0 Å². The fourth-order valence-electron chi connectivity index (χ4n) is 2.73. The van der Waals surface area contributed by atoms with Crippen LogP contribution in [0.2, 0.25) is 0 Å². The van der Waals surface area contributed by atoms with E-state index >= 15 is 0 Å². The SMILES string of the molecule is CCCN(CCC)c1cc(C)c(N=Nc2nsc(C)c2C#N)cc1OC. The lowest BCUT2D eigenvalue weighted by molar-refractivity contribution is 0.414. The molecule has 1 aromatic carbocycles. The van der Waals surface area contributed by atoms with Crippen LogP contribution in [0.4, 0.5) is 17.2 Å². The Bertz CT molecular complexity index is 816. The number of aromatic nitrogens is 1. The molecular weight excluding hydrogens is 346 g/mol. The third kappa shape index (κ3) is 4.38. The third-order valence-corrected chi connectivity index (χ3v) is 4.78. The van der Waals surface area contributed by atoms with E-state index in [2.05, 4.69) is 45.5 Å². The molecule has 1 aromatic heterocycles. The van der Waals surface area contributed by atoms with Crippen molar-refractivity contribution in [3.63, 3.8) is 0 Å². The summed E-state index contributed by atoms with van der Waals surface area (Å²) >= 11 is 1.26. The monoisotopic (exact) mass is 371 g/mol. The average molecular weight is 372 g/mol. The van der Waals surface area contributed by atoms with Gasteiger partial charge in [-0.05, 0) is 49.9 Å². The molecule has 138 valence electrons. The smallest absolute Gasteiger partial charge is 0.205 e. The molecule has 1 heterocycles. The van der Waals surface area contributed by atoms with Crippen LogP contribution in [-0.2, 0) is 0 Å². The van der Waals surface area contributed by atoms with Crippen molar-refractivity contribution in [2.24, 2.45) is 10.2 Å². The zero-order valence-corrected chi connectivity index (χ0v) is 16.9. The van der Waals surface area contributed by atoms with Gasteiger partial charge in [0.1, 0.15) is 17.4 Å². The largest absolute Gasteiger partial charge is 0.495 e. The van der Waals surface area contributed by atoms with Crippen molar-refractivity contribution in [3.8, 4) is 11.8 Å². The maximum Gasteiger partial charge on any atom is 0.205 e. The first-order chi connectivity index (χ1) is 12.5. The molecule has 0 fully saturated rings. The van der Waals surface area contributed by atoms with E-state index < -0.39 is 0 Å². The van der Waals surface area contributed by atoms with Crippen molar-refractivity contribution in [1.29, 1.82) is 5.26 Å². The Morgan fingerprint density at radius 1 is 1.19 bits per heavy atom. The fourth-order valence-corrected chi connectivity index (χ4v) is 3.31. The highest BCUT2D eigenvalue weighted by Crippen LogP contribution is 2.36.